The van der Waals surface area contributed by atoms with Gasteiger partial charge in [0.2, 0.25) is 0 Å². The van der Waals surface area contributed by atoms with Gasteiger partial charge in [0.15, 0.2) is 6.61 Å². The van der Waals surface area contributed by atoms with E-state index in [2.05, 4.69) is 4.74 Å². The van der Waals surface area contributed by atoms with E-state index in [4.69, 9.17) is 0 Å². The minimum Gasteiger partial charge on any atom is -0.459 e. The van der Waals surface area contributed by atoms with E-state index in [9.17, 15) is 31.1 Å². The number of halogens is 6. The van der Waals surface area contributed by atoms with Crippen molar-refractivity contribution in [2.24, 2.45) is 0 Å². The molecule has 0 radical (unpaired) electrons. The zero-order valence-corrected chi connectivity index (χ0v) is 8.28. The summed E-state index contributed by atoms with van der Waals surface area (Å²) in [6.45, 7) is -0.362. The molecule has 1 atom stereocenters. The van der Waals surface area contributed by atoms with Gasteiger partial charge in [-0.05, 0) is 6.42 Å². The molecule has 0 heterocycles. The molecule has 0 aromatic heterocycles. The number of carbonyl (C=O) groups is 1. The molecule has 0 aliphatic rings. The van der Waals surface area contributed by atoms with Crippen LogP contribution >= 0.6 is 0 Å². The third kappa shape index (κ3) is 4.71. The van der Waals surface area contributed by atoms with Crippen molar-refractivity contribution >= 4 is 5.97 Å². The van der Waals surface area contributed by atoms with Gasteiger partial charge in [0.1, 0.15) is 0 Å². The summed E-state index contributed by atoms with van der Waals surface area (Å²) in [4.78, 5) is 10.6. The maximum absolute atomic E-state index is 12.5. The van der Waals surface area contributed by atoms with Crippen molar-refractivity contribution in [3.05, 3.63) is 0 Å². The van der Waals surface area contributed by atoms with Gasteiger partial charge in [-0.15, -0.1) is 0 Å². The molecule has 0 aliphatic carbocycles. The molecule has 0 aliphatic heterocycles. The second kappa shape index (κ2) is 5.40. The minimum absolute atomic E-state index is 0.209. The standard InChI is InChI=1S/C8H10F6O2/c1-2-3-5(15)16-4-7(10,11)6(9)8(12,13)14/h6H,2-4H2,1H3/t6-/m0/s1. The largest absolute Gasteiger partial charge is 0.459 e. The fourth-order valence-electron chi connectivity index (χ4n) is 0.766. The molecule has 0 rings (SSSR count). The third-order valence-corrected chi connectivity index (χ3v) is 1.54. The SMILES string of the molecule is CCCC(=O)OCC(F)(F)[C@H](F)C(F)(F)F. The number of alkyl halides is 6. The number of ether oxygens (including phenoxy) is 1. The summed E-state index contributed by atoms with van der Waals surface area (Å²) in [6, 6.07) is 0. The lowest BCUT2D eigenvalue weighted by molar-refractivity contribution is -0.254. The predicted octanol–water partition coefficient (Wildman–Crippen LogP) is 2.87. The normalized spacial score (nSPS) is 14.7. The van der Waals surface area contributed by atoms with Crippen LogP contribution in [0.15, 0.2) is 0 Å². The van der Waals surface area contributed by atoms with Crippen molar-refractivity contribution in [2.45, 2.75) is 38.0 Å². The molecule has 0 saturated carbocycles. The first-order chi connectivity index (χ1) is 7.11. The van der Waals surface area contributed by atoms with Crippen LogP contribution in [0.25, 0.3) is 0 Å². The molecule has 0 fully saturated rings. The predicted molar refractivity (Wildman–Crippen MR) is 41.8 cm³/mol. The van der Waals surface area contributed by atoms with E-state index in [1.807, 2.05) is 0 Å². The Morgan fingerprint density at radius 3 is 2.12 bits per heavy atom. The summed E-state index contributed by atoms with van der Waals surface area (Å²) < 4.78 is 76.0. The number of hydrogen-bond acceptors (Lipinski definition) is 2. The van der Waals surface area contributed by atoms with Gasteiger partial charge in [-0.25, -0.2) is 4.39 Å². The van der Waals surface area contributed by atoms with Gasteiger partial charge in [0, 0.05) is 6.42 Å². The van der Waals surface area contributed by atoms with Crippen LogP contribution in [-0.2, 0) is 9.53 Å². The van der Waals surface area contributed by atoms with Gasteiger partial charge in [-0.3, -0.25) is 4.79 Å². The quantitative estimate of drug-likeness (QED) is 0.555. The molecule has 0 aromatic carbocycles. The van der Waals surface area contributed by atoms with E-state index in [1.54, 1.807) is 6.92 Å². The highest BCUT2D eigenvalue weighted by Crippen LogP contribution is 2.35. The number of hydrogen-bond donors (Lipinski definition) is 0. The van der Waals surface area contributed by atoms with Gasteiger partial charge in [0.05, 0.1) is 0 Å². The maximum Gasteiger partial charge on any atom is 0.425 e. The first-order valence-corrected chi connectivity index (χ1v) is 4.35. The van der Waals surface area contributed by atoms with E-state index in [-0.39, 0.29) is 6.42 Å². The Kier molecular flexibility index (Phi) is 5.08. The number of esters is 1. The van der Waals surface area contributed by atoms with Gasteiger partial charge < -0.3 is 4.74 Å². The van der Waals surface area contributed by atoms with Crippen LogP contribution in [0.5, 0.6) is 0 Å². The van der Waals surface area contributed by atoms with Crippen molar-refractivity contribution in [3.8, 4) is 0 Å². The molecule has 0 spiro atoms. The highest BCUT2D eigenvalue weighted by atomic mass is 19.4. The highest BCUT2D eigenvalue weighted by Gasteiger charge is 2.57. The molecule has 0 N–H and O–H groups in total. The second-order valence-electron chi connectivity index (χ2n) is 3.08. The average Bonchev–Trinajstić information content (AvgIpc) is 2.13. The molecule has 8 heteroatoms. The van der Waals surface area contributed by atoms with Gasteiger partial charge in [-0.2, -0.15) is 22.0 Å². The lowest BCUT2D eigenvalue weighted by Gasteiger charge is -2.22. The van der Waals surface area contributed by atoms with Crippen LogP contribution in [0.4, 0.5) is 26.3 Å². The molecule has 96 valence electrons. The first kappa shape index (κ1) is 15.0. The minimum atomic E-state index is -5.68. The molecule has 2 nitrogen and oxygen atoms in total. The van der Waals surface area contributed by atoms with Gasteiger partial charge in [0.25, 0.3) is 6.17 Å². The lowest BCUT2D eigenvalue weighted by Crippen LogP contribution is -2.45. The Hall–Kier alpha value is -0.950. The smallest absolute Gasteiger partial charge is 0.425 e. The second-order valence-corrected chi connectivity index (χ2v) is 3.08. The number of rotatable bonds is 5. The Morgan fingerprint density at radius 1 is 1.25 bits per heavy atom. The van der Waals surface area contributed by atoms with Crippen LogP contribution in [-0.4, -0.2) is 30.8 Å². The van der Waals surface area contributed by atoms with Crippen molar-refractivity contribution in [2.75, 3.05) is 6.61 Å². The molecule has 0 aromatic rings. The Morgan fingerprint density at radius 2 is 1.75 bits per heavy atom. The average molecular weight is 252 g/mol. The molecular formula is C8H10F6O2. The van der Waals surface area contributed by atoms with Crippen LogP contribution < -0.4 is 0 Å². The monoisotopic (exact) mass is 252 g/mol. The third-order valence-electron chi connectivity index (χ3n) is 1.54. The van der Waals surface area contributed by atoms with Gasteiger partial charge >= 0.3 is 18.1 Å². The molecule has 0 amide bonds. The van der Waals surface area contributed by atoms with E-state index in [0.29, 0.717) is 6.42 Å². The van der Waals surface area contributed by atoms with E-state index >= 15 is 0 Å². The molecule has 0 unspecified atom stereocenters. The summed E-state index contributed by atoms with van der Waals surface area (Å²) in [5, 5.41) is 0. The van der Waals surface area contributed by atoms with Gasteiger partial charge in [-0.1, -0.05) is 6.92 Å². The summed E-state index contributed by atoms with van der Waals surface area (Å²) in [6.07, 6.45) is -9.93. The summed E-state index contributed by atoms with van der Waals surface area (Å²) in [7, 11) is 0. The highest BCUT2D eigenvalue weighted by molar-refractivity contribution is 5.69. The Balaban J connectivity index is 4.30. The molecular weight excluding hydrogens is 242 g/mol. The lowest BCUT2D eigenvalue weighted by atomic mass is 10.2. The maximum atomic E-state index is 12.5. The molecule has 0 saturated heterocycles. The zero-order chi connectivity index (χ0) is 13.0. The fraction of sp³-hybridized carbons (Fsp3) is 0.875. The van der Waals surface area contributed by atoms with Crippen LogP contribution in [0.2, 0.25) is 0 Å². The molecule has 16 heavy (non-hydrogen) atoms. The fourth-order valence-corrected chi connectivity index (χ4v) is 0.766. The van der Waals surface area contributed by atoms with Crippen LogP contribution in [0, 0.1) is 0 Å². The van der Waals surface area contributed by atoms with Crippen LogP contribution in [0.3, 0.4) is 0 Å². The summed E-state index contributed by atoms with van der Waals surface area (Å²) in [5.41, 5.74) is 0. The van der Waals surface area contributed by atoms with Crippen LogP contribution in [0.1, 0.15) is 19.8 Å². The van der Waals surface area contributed by atoms with Crippen molar-refractivity contribution in [3.63, 3.8) is 0 Å². The summed E-state index contributed by atoms with van der Waals surface area (Å²) >= 11 is 0. The van der Waals surface area contributed by atoms with Crippen molar-refractivity contribution in [1.82, 2.24) is 0 Å². The van der Waals surface area contributed by atoms with Crippen molar-refractivity contribution in [1.29, 1.82) is 0 Å². The summed E-state index contributed by atoms with van der Waals surface area (Å²) in [5.74, 6) is -5.85. The van der Waals surface area contributed by atoms with Crippen molar-refractivity contribution < 1.29 is 35.9 Å². The number of carbonyl (C=O) groups excluding carboxylic acids is 1. The Labute approximate surface area is 87.6 Å². The van der Waals surface area contributed by atoms with E-state index in [0.717, 1.165) is 0 Å². The topological polar surface area (TPSA) is 26.3 Å². The van der Waals surface area contributed by atoms with E-state index < -0.39 is 30.8 Å². The molecule has 0 bridgehead atoms. The van der Waals surface area contributed by atoms with E-state index in [1.165, 1.54) is 0 Å². The zero-order valence-electron chi connectivity index (χ0n) is 8.28. The first-order valence-electron chi connectivity index (χ1n) is 4.35. The Bertz CT molecular complexity index is 237.